The van der Waals surface area contributed by atoms with E-state index in [-0.39, 0.29) is 18.5 Å². The summed E-state index contributed by atoms with van der Waals surface area (Å²) in [6.07, 6.45) is 0.142. The zero-order valence-electron chi connectivity index (χ0n) is 17.4. The number of amides is 3. The van der Waals surface area contributed by atoms with E-state index in [1.165, 1.54) is 21.3 Å². The first-order chi connectivity index (χ1) is 14.4. The molecule has 4 rings (SSSR count). The van der Waals surface area contributed by atoms with Crippen LogP contribution in [-0.2, 0) is 14.3 Å². The van der Waals surface area contributed by atoms with Gasteiger partial charge in [-0.3, -0.25) is 9.69 Å². The van der Waals surface area contributed by atoms with Gasteiger partial charge in [0, 0.05) is 25.1 Å². The number of carbonyl (C=O) groups excluding carboxylic acids is 3. The fraction of sp³-hybridized carbons (Fsp3) is 0.476. The first kappa shape index (κ1) is 20.1. The second-order valence-electron chi connectivity index (χ2n) is 7.52. The number of ether oxygens (including phenoxy) is 3. The van der Waals surface area contributed by atoms with Crippen molar-refractivity contribution >= 4 is 17.9 Å². The van der Waals surface area contributed by atoms with Gasteiger partial charge in [-0.2, -0.15) is 0 Å². The van der Waals surface area contributed by atoms with Crippen LogP contribution in [0.25, 0.3) is 0 Å². The Morgan fingerprint density at radius 3 is 2.63 bits per heavy atom. The van der Waals surface area contributed by atoms with E-state index in [1.54, 1.807) is 17.0 Å². The first-order valence-corrected chi connectivity index (χ1v) is 9.90. The number of carbonyl (C=O) groups is 3. The van der Waals surface area contributed by atoms with Gasteiger partial charge in [0.05, 0.1) is 31.4 Å². The van der Waals surface area contributed by atoms with Crippen LogP contribution in [-0.4, -0.2) is 68.3 Å². The monoisotopic (exact) mass is 415 g/mol. The predicted octanol–water partition coefficient (Wildman–Crippen LogP) is 1.45. The first-order valence-electron chi connectivity index (χ1n) is 9.90. The van der Waals surface area contributed by atoms with Gasteiger partial charge in [-0.15, -0.1) is 0 Å². The number of fused-ring (bicyclic) bond motifs is 1. The summed E-state index contributed by atoms with van der Waals surface area (Å²) in [5, 5.41) is 3.25. The SMILES string of the molecule is CCCN1C(=O)N(C)C(=O)C2C(c3cccc(OC)c3OC)C3=C(COC3=O)NC21. The molecule has 3 amide bonds. The molecule has 1 aromatic rings. The van der Waals surface area contributed by atoms with Crippen molar-refractivity contribution in [1.82, 2.24) is 15.1 Å². The van der Waals surface area contributed by atoms with E-state index in [4.69, 9.17) is 14.2 Å². The molecule has 30 heavy (non-hydrogen) atoms. The molecule has 1 N–H and O–H groups in total. The van der Waals surface area contributed by atoms with Crippen molar-refractivity contribution in [2.75, 3.05) is 34.4 Å². The normalized spacial score (nSPS) is 25.6. The molecule has 0 aromatic heterocycles. The molecule has 1 fully saturated rings. The summed E-state index contributed by atoms with van der Waals surface area (Å²) in [5.74, 6) is -1.24. The average Bonchev–Trinajstić information content (AvgIpc) is 3.13. The summed E-state index contributed by atoms with van der Waals surface area (Å²) in [6, 6.07) is 5.00. The number of rotatable bonds is 5. The molecule has 0 spiro atoms. The van der Waals surface area contributed by atoms with E-state index in [0.717, 1.165) is 11.3 Å². The highest BCUT2D eigenvalue weighted by molar-refractivity contribution is 6.02. The third kappa shape index (κ3) is 2.79. The fourth-order valence-corrected chi connectivity index (χ4v) is 4.64. The third-order valence-corrected chi connectivity index (χ3v) is 5.94. The molecule has 160 valence electrons. The lowest BCUT2D eigenvalue weighted by atomic mass is 9.73. The number of nitrogens with zero attached hydrogens (tertiary/aromatic N) is 2. The third-order valence-electron chi connectivity index (χ3n) is 5.94. The molecular formula is C21H25N3O6. The molecule has 0 saturated carbocycles. The van der Waals surface area contributed by atoms with Crippen molar-refractivity contribution < 1.29 is 28.6 Å². The van der Waals surface area contributed by atoms with Crippen LogP contribution in [0.4, 0.5) is 4.79 Å². The minimum atomic E-state index is -0.718. The predicted molar refractivity (Wildman–Crippen MR) is 106 cm³/mol. The summed E-state index contributed by atoms with van der Waals surface area (Å²) in [7, 11) is 4.52. The van der Waals surface area contributed by atoms with Crippen LogP contribution in [0.15, 0.2) is 29.5 Å². The number of nitrogens with one attached hydrogen (secondary N) is 1. The van der Waals surface area contributed by atoms with Gasteiger partial charge in [0.25, 0.3) is 0 Å². The number of esters is 1. The van der Waals surface area contributed by atoms with Crippen LogP contribution in [0.3, 0.4) is 0 Å². The smallest absolute Gasteiger partial charge is 0.336 e. The Kier molecular flexibility index (Phi) is 5.05. The van der Waals surface area contributed by atoms with Gasteiger partial charge in [0.2, 0.25) is 5.91 Å². The molecule has 0 radical (unpaired) electrons. The average molecular weight is 415 g/mol. The molecule has 1 aromatic carbocycles. The highest BCUT2D eigenvalue weighted by Crippen LogP contribution is 2.49. The Labute approximate surface area is 174 Å². The maximum atomic E-state index is 13.3. The number of hydrogen-bond acceptors (Lipinski definition) is 7. The van der Waals surface area contributed by atoms with Crippen molar-refractivity contribution in [2.45, 2.75) is 25.4 Å². The van der Waals surface area contributed by atoms with Crippen molar-refractivity contribution in [1.29, 1.82) is 0 Å². The van der Waals surface area contributed by atoms with Gasteiger partial charge in [0.1, 0.15) is 12.8 Å². The topological polar surface area (TPSA) is 97.4 Å². The van der Waals surface area contributed by atoms with Crippen molar-refractivity contribution in [3.63, 3.8) is 0 Å². The fourth-order valence-electron chi connectivity index (χ4n) is 4.64. The van der Waals surface area contributed by atoms with Gasteiger partial charge in [-0.25, -0.2) is 9.59 Å². The Morgan fingerprint density at radius 2 is 1.97 bits per heavy atom. The number of para-hydroxylation sites is 1. The summed E-state index contributed by atoms with van der Waals surface area (Å²) in [6.45, 7) is 2.53. The van der Waals surface area contributed by atoms with Crippen LogP contribution in [0.5, 0.6) is 11.5 Å². The van der Waals surface area contributed by atoms with Gasteiger partial charge in [0.15, 0.2) is 11.5 Å². The molecule has 0 bridgehead atoms. The molecule has 3 aliphatic rings. The van der Waals surface area contributed by atoms with Crippen LogP contribution in [0.2, 0.25) is 0 Å². The Hall–Kier alpha value is -3.23. The van der Waals surface area contributed by atoms with E-state index < -0.39 is 24.0 Å². The quantitative estimate of drug-likeness (QED) is 0.727. The minimum absolute atomic E-state index is 0.0817. The van der Waals surface area contributed by atoms with Gasteiger partial charge in [-0.1, -0.05) is 19.1 Å². The maximum Gasteiger partial charge on any atom is 0.336 e. The molecular weight excluding hydrogens is 390 g/mol. The van der Waals surface area contributed by atoms with Crippen LogP contribution in [0, 0.1) is 5.92 Å². The summed E-state index contributed by atoms with van der Waals surface area (Å²) in [4.78, 5) is 41.6. The lowest BCUT2D eigenvalue weighted by Gasteiger charge is -2.49. The molecule has 0 aliphatic carbocycles. The Balaban J connectivity index is 1.93. The number of benzene rings is 1. The lowest BCUT2D eigenvalue weighted by Crippen LogP contribution is -2.67. The van der Waals surface area contributed by atoms with Gasteiger partial charge < -0.3 is 24.4 Å². The molecule has 9 nitrogen and oxygen atoms in total. The standard InChI is InChI=1S/C21H25N3O6/c1-5-9-24-18-16(19(25)23(2)21(24)27)14(15-12(22-18)10-30-20(15)26)11-7-6-8-13(28-3)17(11)29-4/h6-8,14,16,18,22H,5,9-10H2,1-4H3. The molecule has 1 saturated heterocycles. The van der Waals surface area contributed by atoms with Crippen LogP contribution < -0.4 is 14.8 Å². The lowest BCUT2D eigenvalue weighted by molar-refractivity contribution is -0.140. The van der Waals surface area contributed by atoms with Crippen LogP contribution in [0.1, 0.15) is 24.8 Å². The molecule has 3 atom stereocenters. The number of methoxy groups -OCH3 is 2. The summed E-state index contributed by atoms with van der Waals surface area (Å²) < 4.78 is 16.3. The minimum Gasteiger partial charge on any atom is -0.493 e. The largest absolute Gasteiger partial charge is 0.493 e. The zero-order chi connectivity index (χ0) is 21.6. The van der Waals surface area contributed by atoms with Crippen LogP contribution >= 0.6 is 0 Å². The Bertz CT molecular complexity index is 943. The van der Waals surface area contributed by atoms with Crippen molar-refractivity contribution in [3.8, 4) is 11.5 Å². The van der Waals surface area contributed by atoms with E-state index in [1.807, 2.05) is 13.0 Å². The molecule has 3 aliphatic heterocycles. The van der Waals surface area contributed by atoms with Gasteiger partial charge >= 0.3 is 12.0 Å². The molecule has 3 heterocycles. The number of cyclic esters (lactones) is 1. The highest BCUT2D eigenvalue weighted by atomic mass is 16.5. The highest BCUT2D eigenvalue weighted by Gasteiger charge is 2.55. The summed E-state index contributed by atoms with van der Waals surface area (Å²) >= 11 is 0. The number of urea groups is 1. The van der Waals surface area contributed by atoms with Crippen molar-refractivity contribution in [3.05, 3.63) is 35.0 Å². The maximum absolute atomic E-state index is 13.3. The second kappa shape index (κ2) is 7.55. The van der Waals surface area contributed by atoms with E-state index >= 15 is 0 Å². The molecule has 9 heteroatoms. The number of hydrogen-bond donors (Lipinski definition) is 1. The Morgan fingerprint density at radius 1 is 1.20 bits per heavy atom. The van der Waals surface area contributed by atoms with E-state index in [2.05, 4.69) is 5.32 Å². The molecule has 3 unspecified atom stereocenters. The van der Waals surface area contributed by atoms with E-state index in [0.29, 0.717) is 34.9 Å². The number of imide groups is 1. The second-order valence-corrected chi connectivity index (χ2v) is 7.52. The van der Waals surface area contributed by atoms with E-state index in [9.17, 15) is 14.4 Å². The zero-order valence-corrected chi connectivity index (χ0v) is 17.4. The summed E-state index contributed by atoms with van der Waals surface area (Å²) in [5.41, 5.74) is 1.64. The van der Waals surface area contributed by atoms with Gasteiger partial charge in [-0.05, 0) is 12.5 Å². The van der Waals surface area contributed by atoms with Crippen molar-refractivity contribution in [2.24, 2.45) is 5.92 Å².